The second-order valence-electron chi connectivity index (χ2n) is 16.5. The number of furan rings is 1. The van der Waals surface area contributed by atoms with Crippen LogP contribution >= 0.6 is 0 Å². The van der Waals surface area contributed by atoms with E-state index in [-0.39, 0.29) is 5.41 Å². The lowest BCUT2D eigenvalue weighted by Crippen LogP contribution is -2.16. The van der Waals surface area contributed by atoms with Crippen molar-refractivity contribution < 1.29 is 4.42 Å². The van der Waals surface area contributed by atoms with E-state index in [1.807, 2.05) is 24.4 Å². The van der Waals surface area contributed by atoms with Crippen molar-refractivity contribution >= 4 is 60.7 Å². The van der Waals surface area contributed by atoms with E-state index in [0.717, 1.165) is 83.2 Å². The van der Waals surface area contributed by atoms with E-state index in [1.165, 1.54) is 33.4 Å². The van der Waals surface area contributed by atoms with Gasteiger partial charge >= 0.3 is 0 Å². The van der Waals surface area contributed by atoms with Gasteiger partial charge in [-0.3, -0.25) is 4.98 Å². The van der Waals surface area contributed by atoms with Crippen molar-refractivity contribution in [3.8, 4) is 44.8 Å². The molecular weight excluding hydrogens is 743 g/mol. The summed E-state index contributed by atoms with van der Waals surface area (Å²) in [6, 6.07) is 69.2. The molecule has 0 unspecified atom stereocenters. The van der Waals surface area contributed by atoms with Crippen LogP contribution in [0.25, 0.3) is 88.4 Å². The fourth-order valence-electron chi connectivity index (χ4n) is 9.86. The summed E-state index contributed by atoms with van der Waals surface area (Å²) >= 11 is 0. The van der Waals surface area contributed by atoms with E-state index in [4.69, 9.17) is 14.4 Å². The van der Waals surface area contributed by atoms with Gasteiger partial charge < -0.3 is 9.32 Å². The van der Waals surface area contributed by atoms with Gasteiger partial charge in [0.1, 0.15) is 11.2 Å². The molecule has 0 N–H and O–H groups in total. The number of benzene rings is 8. The van der Waals surface area contributed by atoms with Crippen LogP contribution in [-0.4, -0.2) is 9.97 Å². The number of pyridine rings is 2. The second kappa shape index (κ2) is 13.6. The number of fused-ring (bicyclic) bond motifs is 9. The zero-order valence-corrected chi connectivity index (χ0v) is 33.8. The zero-order chi connectivity index (χ0) is 40.7. The minimum atomic E-state index is -0.134. The minimum absolute atomic E-state index is 0.134. The van der Waals surface area contributed by atoms with Crippen LogP contribution in [0, 0.1) is 0 Å². The predicted molar refractivity (Wildman–Crippen MR) is 253 cm³/mol. The monoisotopic (exact) mass is 781 g/mol. The van der Waals surface area contributed by atoms with E-state index < -0.39 is 0 Å². The van der Waals surface area contributed by atoms with Gasteiger partial charge in [-0.05, 0) is 87.8 Å². The summed E-state index contributed by atoms with van der Waals surface area (Å²) in [4.78, 5) is 13.0. The molecule has 0 amide bonds. The summed E-state index contributed by atoms with van der Waals surface area (Å²) < 4.78 is 6.36. The quantitative estimate of drug-likeness (QED) is 0.158. The lowest BCUT2D eigenvalue weighted by Gasteiger charge is -2.29. The van der Waals surface area contributed by atoms with Gasteiger partial charge in [0.2, 0.25) is 0 Å². The summed E-state index contributed by atoms with van der Waals surface area (Å²) in [7, 11) is 0. The van der Waals surface area contributed by atoms with Gasteiger partial charge in [-0.2, -0.15) is 0 Å². The number of hydrogen-bond acceptors (Lipinski definition) is 4. The molecule has 4 nitrogen and oxygen atoms in total. The number of anilines is 3. The van der Waals surface area contributed by atoms with Gasteiger partial charge in [0.25, 0.3) is 0 Å². The topological polar surface area (TPSA) is 42.2 Å². The van der Waals surface area contributed by atoms with Crippen molar-refractivity contribution in [1.82, 2.24) is 9.97 Å². The third-order valence-electron chi connectivity index (χ3n) is 12.7. The van der Waals surface area contributed by atoms with Gasteiger partial charge in [0.15, 0.2) is 0 Å². The fourth-order valence-corrected chi connectivity index (χ4v) is 9.86. The molecule has 0 saturated heterocycles. The lowest BCUT2D eigenvalue weighted by atomic mass is 9.82. The maximum Gasteiger partial charge on any atom is 0.136 e. The molecule has 0 spiro atoms. The van der Waals surface area contributed by atoms with Gasteiger partial charge in [0.05, 0.1) is 22.6 Å². The average molecular weight is 782 g/mol. The Labute approximate surface area is 354 Å². The summed E-state index contributed by atoms with van der Waals surface area (Å²) in [6.45, 7) is 4.69. The third kappa shape index (κ3) is 5.46. The van der Waals surface area contributed by atoms with Gasteiger partial charge in [0, 0.05) is 61.2 Å². The smallest absolute Gasteiger partial charge is 0.136 e. The molecule has 0 radical (unpaired) electrons. The highest BCUT2D eigenvalue weighted by molar-refractivity contribution is 6.20. The molecule has 3 aromatic heterocycles. The Bertz CT molecular complexity index is 3510. The first-order chi connectivity index (χ1) is 30.0. The highest BCUT2D eigenvalue weighted by Crippen LogP contribution is 2.54. The Morgan fingerprint density at radius 2 is 1.15 bits per heavy atom. The van der Waals surface area contributed by atoms with Gasteiger partial charge in [-0.25, -0.2) is 4.98 Å². The first kappa shape index (κ1) is 35.2. The highest BCUT2D eigenvalue weighted by atomic mass is 16.3. The number of nitrogens with zero attached hydrogens (tertiary/aromatic N) is 3. The first-order valence-corrected chi connectivity index (χ1v) is 20.9. The van der Waals surface area contributed by atoms with Crippen LogP contribution in [0.2, 0.25) is 0 Å². The SMILES string of the molecule is CC1(C)c2ccccc2-c2c(N(c3ccc(-c4nc5ccccc5c5ccnc(-c6cccc7oc8ccccc8c67)c45)cc3)c3cccc(-c4ccccc4)c3)cccc21. The molecule has 0 aliphatic heterocycles. The van der Waals surface area contributed by atoms with Crippen LogP contribution in [0.3, 0.4) is 0 Å². The van der Waals surface area contributed by atoms with E-state index in [2.05, 4.69) is 195 Å². The Kier molecular flexibility index (Phi) is 7.85. The Balaban J connectivity index is 1.08. The van der Waals surface area contributed by atoms with E-state index in [1.54, 1.807) is 0 Å². The maximum atomic E-state index is 6.36. The van der Waals surface area contributed by atoms with Crippen molar-refractivity contribution in [3.05, 3.63) is 211 Å². The molecule has 1 aliphatic carbocycles. The molecule has 11 aromatic rings. The van der Waals surface area contributed by atoms with Gasteiger partial charge in [-0.15, -0.1) is 0 Å². The molecule has 4 heteroatoms. The molecular formula is C57H39N3O. The standard InChI is InChI=1S/C57H39N3O/c1-57(2)46-23-9-6-20-43(46)53-47(57)24-14-26-49(53)60(40-18-12-17-38(35-40)36-15-4-3-5-16-36)39-31-29-37(30-32-39)55-54-42(41-19-7-10-25-48(41)59-55)33-34-58-56(54)45-22-13-28-51-52(45)44-21-8-11-27-50(44)61-51/h3-35H,1-2H3. The van der Waals surface area contributed by atoms with Crippen LogP contribution < -0.4 is 4.90 Å². The largest absolute Gasteiger partial charge is 0.456 e. The van der Waals surface area contributed by atoms with Crippen molar-refractivity contribution in [3.63, 3.8) is 0 Å². The third-order valence-corrected chi connectivity index (χ3v) is 12.7. The zero-order valence-electron chi connectivity index (χ0n) is 33.8. The van der Waals surface area contributed by atoms with Crippen molar-refractivity contribution in [1.29, 1.82) is 0 Å². The Morgan fingerprint density at radius 3 is 2.03 bits per heavy atom. The summed E-state index contributed by atoms with van der Waals surface area (Å²) in [5.74, 6) is 0. The van der Waals surface area contributed by atoms with E-state index in [9.17, 15) is 0 Å². The van der Waals surface area contributed by atoms with Crippen molar-refractivity contribution in [2.45, 2.75) is 19.3 Å². The fraction of sp³-hybridized carbons (Fsp3) is 0.0526. The molecule has 0 atom stereocenters. The van der Waals surface area contributed by atoms with Gasteiger partial charge in [-0.1, -0.05) is 153 Å². The van der Waals surface area contributed by atoms with E-state index >= 15 is 0 Å². The van der Waals surface area contributed by atoms with Crippen LogP contribution in [0.4, 0.5) is 17.1 Å². The molecule has 61 heavy (non-hydrogen) atoms. The maximum absolute atomic E-state index is 6.36. The highest BCUT2D eigenvalue weighted by Gasteiger charge is 2.37. The van der Waals surface area contributed by atoms with Crippen LogP contribution in [0.15, 0.2) is 205 Å². The summed E-state index contributed by atoms with van der Waals surface area (Å²) in [5.41, 5.74) is 17.2. The molecule has 0 saturated carbocycles. The van der Waals surface area contributed by atoms with Crippen LogP contribution in [-0.2, 0) is 5.41 Å². The summed E-state index contributed by atoms with van der Waals surface area (Å²) in [6.07, 6.45) is 1.93. The molecule has 12 rings (SSSR count). The molecule has 0 fully saturated rings. The molecule has 0 bridgehead atoms. The molecule has 1 aliphatic rings. The summed E-state index contributed by atoms with van der Waals surface area (Å²) in [5, 5.41) is 5.35. The predicted octanol–water partition coefficient (Wildman–Crippen LogP) is 15.5. The first-order valence-electron chi connectivity index (χ1n) is 20.9. The van der Waals surface area contributed by atoms with E-state index in [0.29, 0.717) is 0 Å². The minimum Gasteiger partial charge on any atom is -0.456 e. The van der Waals surface area contributed by atoms with Crippen molar-refractivity contribution in [2.75, 3.05) is 4.90 Å². The second-order valence-corrected chi connectivity index (χ2v) is 16.5. The number of aromatic nitrogens is 2. The normalized spacial score (nSPS) is 12.9. The number of rotatable bonds is 6. The van der Waals surface area contributed by atoms with Crippen LogP contribution in [0.1, 0.15) is 25.0 Å². The molecule has 8 aromatic carbocycles. The molecule has 3 heterocycles. The number of hydrogen-bond donors (Lipinski definition) is 0. The van der Waals surface area contributed by atoms with Crippen molar-refractivity contribution in [2.24, 2.45) is 0 Å². The average Bonchev–Trinajstić information content (AvgIpc) is 3.82. The lowest BCUT2D eigenvalue weighted by molar-refractivity contribution is 0.660. The Hall–Kier alpha value is -7.82. The number of para-hydroxylation sites is 2. The van der Waals surface area contributed by atoms with Crippen LogP contribution in [0.5, 0.6) is 0 Å². The molecule has 288 valence electrons. The Morgan fingerprint density at radius 1 is 0.459 bits per heavy atom.